The Balaban J connectivity index is 1.04. The highest BCUT2D eigenvalue weighted by atomic mass is 15.0. The van der Waals surface area contributed by atoms with E-state index in [9.17, 15) is 0 Å². The van der Waals surface area contributed by atoms with Crippen molar-refractivity contribution in [2.24, 2.45) is 0 Å². The van der Waals surface area contributed by atoms with Gasteiger partial charge in [0.25, 0.3) is 0 Å². The van der Waals surface area contributed by atoms with Crippen molar-refractivity contribution >= 4 is 97.7 Å². The Morgan fingerprint density at radius 2 is 0.635 bits per heavy atom. The molecule has 0 atom stereocenters. The topological polar surface area (TPSA) is 14.8 Å². The average Bonchev–Trinajstić information content (AvgIpc) is 3.97. The molecule has 0 saturated heterocycles. The molecule has 3 heterocycles. The zero-order chi connectivity index (χ0) is 41.2. The Hall–Kier alpha value is -8.40. The van der Waals surface area contributed by atoms with Gasteiger partial charge in [0.1, 0.15) is 0 Å². The molecule has 292 valence electrons. The van der Waals surface area contributed by atoms with Gasteiger partial charge in [0.15, 0.2) is 0 Å². The van der Waals surface area contributed by atoms with E-state index in [1.54, 1.807) is 0 Å². The van der Waals surface area contributed by atoms with Gasteiger partial charge in [0.2, 0.25) is 0 Å². The molecule has 3 aromatic heterocycles. The van der Waals surface area contributed by atoms with Gasteiger partial charge in [0.05, 0.1) is 44.5 Å². The molecule has 0 radical (unpaired) electrons. The van der Waals surface area contributed by atoms with Crippen LogP contribution >= 0.6 is 0 Å². The van der Waals surface area contributed by atoms with Crippen molar-refractivity contribution in [3.05, 3.63) is 224 Å². The van der Waals surface area contributed by atoms with Gasteiger partial charge in [-0.1, -0.05) is 152 Å². The fourth-order valence-electron chi connectivity index (χ4n) is 10.7. The molecule has 11 aromatic carbocycles. The number of rotatable bonds is 4. The molecule has 0 bridgehead atoms. The van der Waals surface area contributed by atoms with Crippen molar-refractivity contribution in [1.82, 2.24) is 13.7 Å². The molecule has 0 fully saturated rings. The molecule has 3 nitrogen and oxygen atoms in total. The number of benzene rings is 11. The van der Waals surface area contributed by atoms with Gasteiger partial charge in [-0.25, -0.2) is 0 Å². The second-order valence-electron chi connectivity index (χ2n) is 16.9. The number of nitrogens with zero attached hydrogens (tertiary/aromatic N) is 3. The second-order valence-corrected chi connectivity index (χ2v) is 16.9. The number of fused-ring (bicyclic) bond motifs is 12. The molecule has 0 aliphatic carbocycles. The van der Waals surface area contributed by atoms with Crippen LogP contribution in [0, 0.1) is 0 Å². The minimum atomic E-state index is 1.16. The Kier molecular flexibility index (Phi) is 7.11. The first-order chi connectivity index (χ1) is 31.2. The lowest BCUT2D eigenvalue weighted by atomic mass is 10.00. The van der Waals surface area contributed by atoms with Crippen LogP contribution in [0.1, 0.15) is 0 Å². The largest absolute Gasteiger partial charge is 0.309 e. The summed E-state index contributed by atoms with van der Waals surface area (Å²) in [6, 6.07) is 83.0. The molecule has 14 rings (SSSR count). The predicted molar refractivity (Wildman–Crippen MR) is 267 cm³/mol. The highest BCUT2D eigenvalue weighted by Crippen LogP contribution is 2.43. The molecular weight excluding hydrogens is 763 g/mol. The molecule has 0 amide bonds. The van der Waals surface area contributed by atoms with E-state index >= 15 is 0 Å². The highest BCUT2D eigenvalue weighted by molar-refractivity contribution is 6.20. The first kappa shape index (κ1) is 34.3. The standard InChI is InChI=1S/C60H37N3/c1-2-16-41-33-44(30-27-38(41)13-1)61-55-23-9-7-22-48(55)51-36-52-50-35-43(29-32-58(50)63(60(52)37-59(51)61)54-26-12-18-40-15-4-6-20-46(40)54)42-28-31-57-49(34-42)47-21-8-10-24-56(47)62(57)53-25-11-17-39-14-3-5-19-45(39)53/h1-37H. The summed E-state index contributed by atoms with van der Waals surface area (Å²) in [5, 5.41) is 14.9. The SMILES string of the molecule is c1ccc2cc(-n3c4ccccc4c4cc5c6cc(-c7ccc8c(c7)c7ccccc7n8-c7cccc8ccccc78)ccc6n(-c6cccc7ccccc67)c5cc43)ccc2c1. The summed E-state index contributed by atoms with van der Waals surface area (Å²) in [4.78, 5) is 0. The van der Waals surface area contributed by atoms with E-state index in [2.05, 4.69) is 238 Å². The third-order valence-corrected chi connectivity index (χ3v) is 13.6. The maximum Gasteiger partial charge on any atom is 0.0562 e. The summed E-state index contributed by atoms with van der Waals surface area (Å²) in [5.74, 6) is 0. The van der Waals surface area contributed by atoms with Crippen molar-refractivity contribution < 1.29 is 0 Å². The maximum absolute atomic E-state index is 2.50. The quantitative estimate of drug-likeness (QED) is 0.168. The molecule has 0 N–H and O–H groups in total. The fraction of sp³-hybridized carbons (Fsp3) is 0. The van der Waals surface area contributed by atoms with Crippen LogP contribution in [0.25, 0.3) is 126 Å². The van der Waals surface area contributed by atoms with E-state index in [-0.39, 0.29) is 0 Å². The van der Waals surface area contributed by atoms with Crippen molar-refractivity contribution in [3.8, 4) is 28.2 Å². The summed E-state index contributed by atoms with van der Waals surface area (Å²) in [6.07, 6.45) is 0. The molecule has 14 aromatic rings. The Morgan fingerprint density at radius 3 is 1.27 bits per heavy atom. The van der Waals surface area contributed by atoms with Crippen LogP contribution in [0.2, 0.25) is 0 Å². The van der Waals surface area contributed by atoms with Gasteiger partial charge in [-0.3, -0.25) is 0 Å². The first-order valence-electron chi connectivity index (χ1n) is 21.8. The lowest BCUT2D eigenvalue weighted by Crippen LogP contribution is -1.97. The van der Waals surface area contributed by atoms with Crippen LogP contribution < -0.4 is 0 Å². The number of hydrogen-bond donors (Lipinski definition) is 0. The number of hydrogen-bond acceptors (Lipinski definition) is 0. The van der Waals surface area contributed by atoms with Gasteiger partial charge in [-0.2, -0.15) is 0 Å². The fourth-order valence-corrected chi connectivity index (χ4v) is 10.7. The van der Waals surface area contributed by atoms with Crippen LogP contribution in [0.3, 0.4) is 0 Å². The van der Waals surface area contributed by atoms with Gasteiger partial charge >= 0.3 is 0 Å². The van der Waals surface area contributed by atoms with Crippen LogP contribution in [0.5, 0.6) is 0 Å². The molecule has 0 unspecified atom stereocenters. The Morgan fingerprint density at radius 1 is 0.206 bits per heavy atom. The van der Waals surface area contributed by atoms with Gasteiger partial charge in [0, 0.05) is 48.8 Å². The number of para-hydroxylation sites is 2. The van der Waals surface area contributed by atoms with E-state index in [0.717, 1.165) is 5.69 Å². The summed E-state index contributed by atoms with van der Waals surface area (Å²) in [5.41, 5.74) is 13.1. The molecule has 3 heteroatoms. The average molecular weight is 800 g/mol. The van der Waals surface area contributed by atoms with E-state index in [4.69, 9.17) is 0 Å². The van der Waals surface area contributed by atoms with Crippen LogP contribution in [-0.4, -0.2) is 13.7 Å². The van der Waals surface area contributed by atoms with Crippen molar-refractivity contribution in [3.63, 3.8) is 0 Å². The highest BCUT2D eigenvalue weighted by Gasteiger charge is 2.21. The van der Waals surface area contributed by atoms with Crippen LogP contribution in [0.4, 0.5) is 0 Å². The van der Waals surface area contributed by atoms with Crippen molar-refractivity contribution in [2.45, 2.75) is 0 Å². The Bertz CT molecular complexity index is 4200. The summed E-state index contributed by atoms with van der Waals surface area (Å²) >= 11 is 0. The van der Waals surface area contributed by atoms with Gasteiger partial charge in [-0.05, 0) is 105 Å². The zero-order valence-electron chi connectivity index (χ0n) is 34.2. The first-order valence-corrected chi connectivity index (χ1v) is 21.8. The second kappa shape index (κ2) is 13.1. The molecular formula is C60H37N3. The summed E-state index contributed by atoms with van der Waals surface area (Å²) in [7, 11) is 0. The summed E-state index contributed by atoms with van der Waals surface area (Å²) in [6.45, 7) is 0. The van der Waals surface area contributed by atoms with E-state index in [1.807, 2.05) is 0 Å². The lowest BCUT2D eigenvalue weighted by Gasteiger charge is -2.13. The van der Waals surface area contributed by atoms with Crippen LogP contribution in [-0.2, 0) is 0 Å². The lowest BCUT2D eigenvalue weighted by molar-refractivity contribution is 1.17. The van der Waals surface area contributed by atoms with Gasteiger partial charge < -0.3 is 13.7 Å². The maximum atomic E-state index is 2.50. The monoisotopic (exact) mass is 799 g/mol. The third-order valence-electron chi connectivity index (χ3n) is 13.6. The smallest absolute Gasteiger partial charge is 0.0562 e. The zero-order valence-corrected chi connectivity index (χ0v) is 34.2. The number of aromatic nitrogens is 3. The van der Waals surface area contributed by atoms with Crippen LogP contribution in [0.15, 0.2) is 224 Å². The van der Waals surface area contributed by atoms with Crippen molar-refractivity contribution in [1.29, 1.82) is 0 Å². The third kappa shape index (κ3) is 4.96. The minimum Gasteiger partial charge on any atom is -0.309 e. The predicted octanol–water partition coefficient (Wildman–Crippen LogP) is 16.1. The normalized spacial score (nSPS) is 12.1. The molecule has 63 heavy (non-hydrogen) atoms. The van der Waals surface area contributed by atoms with E-state index < -0.39 is 0 Å². The van der Waals surface area contributed by atoms with E-state index in [1.165, 1.54) is 120 Å². The molecule has 0 saturated carbocycles. The molecule has 0 spiro atoms. The molecule has 0 aliphatic heterocycles. The van der Waals surface area contributed by atoms with Gasteiger partial charge in [-0.15, -0.1) is 0 Å². The van der Waals surface area contributed by atoms with Crippen molar-refractivity contribution in [2.75, 3.05) is 0 Å². The molecule has 0 aliphatic rings. The minimum absolute atomic E-state index is 1.16. The Labute approximate surface area is 362 Å². The van der Waals surface area contributed by atoms with E-state index in [0.29, 0.717) is 0 Å². The summed E-state index contributed by atoms with van der Waals surface area (Å²) < 4.78 is 7.40.